The molecule has 1 aromatic carbocycles. The Hall–Kier alpha value is -2.44. The first-order valence-corrected chi connectivity index (χ1v) is 5.09. The van der Waals surface area contributed by atoms with Crippen LogP contribution < -0.4 is 5.32 Å². The van der Waals surface area contributed by atoms with Crippen molar-refractivity contribution in [2.75, 3.05) is 13.7 Å². The lowest BCUT2D eigenvalue weighted by molar-refractivity contribution is -0.385. The number of hydrogen-bond donors (Lipinski definition) is 1. The molecule has 1 rings (SSSR count). The Labute approximate surface area is 103 Å². The van der Waals surface area contributed by atoms with Crippen LogP contribution in [0.4, 0.5) is 5.69 Å². The third-order valence-corrected chi connectivity index (χ3v) is 2.34. The summed E-state index contributed by atoms with van der Waals surface area (Å²) in [4.78, 5) is 32.7. The highest BCUT2D eigenvalue weighted by Gasteiger charge is 2.19. The molecule has 1 N–H and O–H groups in total. The van der Waals surface area contributed by atoms with Crippen LogP contribution in [0.3, 0.4) is 0 Å². The normalized spacial score (nSPS) is 9.67. The molecule has 18 heavy (non-hydrogen) atoms. The molecule has 0 atom stereocenters. The molecule has 0 aliphatic carbocycles. The molecular formula is C11H12N2O5. The van der Waals surface area contributed by atoms with Crippen molar-refractivity contribution in [1.82, 2.24) is 5.32 Å². The summed E-state index contributed by atoms with van der Waals surface area (Å²) in [6, 6.07) is 4.10. The largest absolute Gasteiger partial charge is 0.452 e. The van der Waals surface area contributed by atoms with Crippen LogP contribution in [0.2, 0.25) is 0 Å². The van der Waals surface area contributed by atoms with E-state index in [4.69, 9.17) is 4.74 Å². The van der Waals surface area contributed by atoms with Gasteiger partial charge in [0.1, 0.15) is 0 Å². The molecule has 0 fully saturated rings. The van der Waals surface area contributed by atoms with Gasteiger partial charge in [0.2, 0.25) is 0 Å². The highest BCUT2D eigenvalue weighted by atomic mass is 16.6. The van der Waals surface area contributed by atoms with Crippen molar-refractivity contribution in [3.05, 3.63) is 39.4 Å². The number of esters is 1. The maximum Gasteiger partial charge on any atom is 0.339 e. The van der Waals surface area contributed by atoms with Crippen molar-refractivity contribution >= 4 is 17.6 Å². The zero-order chi connectivity index (χ0) is 13.7. The summed E-state index contributed by atoms with van der Waals surface area (Å²) in [5, 5.41) is 13.0. The van der Waals surface area contributed by atoms with Crippen molar-refractivity contribution in [2.24, 2.45) is 0 Å². The van der Waals surface area contributed by atoms with Gasteiger partial charge in [-0.15, -0.1) is 0 Å². The molecule has 0 radical (unpaired) electrons. The second-order valence-electron chi connectivity index (χ2n) is 3.46. The van der Waals surface area contributed by atoms with Gasteiger partial charge in [-0.2, -0.15) is 0 Å². The summed E-state index contributed by atoms with van der Waals surface area (Å²) in [6.45, 7) is 1.03. The minimum Gasteiger partial charge on any atom is -0.452 e. The molecule has 0 unspecified atom stereocenters. The van der Waals surface area contributed by atoms with Gasteiger partial charge in [-0.25, -0.2) is 4.79 Å². The van der Waals surface area contributed by atoms with Gasteiger partial charge in [-0.1, -0.05) is 6.07 Å². The van der Waals surface area contributed by atoms with Gasteiger partial charge in [0.05, 0.1) is 10.5 Å². The van der Waals surface area contributed by atoms with Gasteiger partial charge in [-0.05, 0) is 13.0 Å². The van der Waals surface area contributed by atoms with Crippen molar-refractivity contribution in [3.63, 3.8) is 0 Å². The topological polar surface area (TPSA) is 98.5 Å². The molecule has 0 saturated carbocycles. The second kappa shape index (κ2) is 5.76. The first kappa shape index (κ1) is 13.6. The Balaban J connectivity index is 2.90. The van der Waals surface area contributed by atoms with Gasteiger partial charge in [-0.3, -0.25) is 14.9 Å². The average Bonchev–Trinajstić information content (AvgIpc) is 2.35. The average molecular weight is 252 g/mol. The highest BCUT2D eigenvalue weighted by Crippen LogP contribution is 2.21. The van der Waals surface area contributed by atoms with E-state index in [1.165, 1.54) is 32.2 Å². The Morgan fingerprint density at radius 3 is 2.67 bits per heavy atom. The zero-order valence-corrected chi connectivity index (χ0v) is 9.93. The molecule has 7 nitrogen and oxygen atoms in total. The van der Waals surface area contributed by atoms with Crippen LogP contribution in [0, 0.1) is 17.0 Å². The number of benzene rings is 1. The summed E-state index contributed by atoms with van der Waals surface area (Å²) in [5.41, 5.74) is 0.127. The summed E-state index contributed by atoms with van der Waals surface area (Å²) in [7, 11) is 1.41. The van der Waals surface area contributed by atoms with Gasteiger partial charge >= 0.3 is 5.97 Å². The van der Waals surface area contributed by atoms with Crippen LogP contribution >= 0.6 is 0 Å². The van der Waals surface area contributed by atoms with Gasteiger partial charge in [0, 0.05) is 18.7 Å². The lowest BCUT2D eigenvalue weighted by Crippen LogP contribution is -2.25. The molecule has 0 aromatic heterocycles. The SMILES string of the molecule is CNC(=O)COC(=O)c1cccc([N+](=O)[O-])c1C. The fourth-order valence-electron chi connectivity index (χ4n) is 1.32. The van der Waals surface area contributed by atoms with Crippen molar-refractivity contribution < 1.29 is 19.2 Å². The lowest BCUT2D eigenvalue weighted by Gasteiger charge is -2.06. The number of carbonyl (C=O) groups is 2. The molecule has 1 amide bonds. The Bertz CT molecular complexity index is 498. The number of nitro groups is 1. The molecule has 0 saturated heterocycles. The minimum atomic E-state index is -0.764. The quantitative estimate of drug-likeness (QED) is 0.485. The fourth-order valence-corrected chi connectivity index (χ4v) is 1.32. The van der Waals surface area contributed by atoms with E-state index < -0.39 is 23.4 Å². The van der Waals surface area contributed by atoms with Crippen LogP contribution in [0.15, 0.2) is 18.2 Å². The van der Waals surface area contributed by atoms with Gasteiger partial charge < -0.3 is 10.1 Å². The Morgan fingerprint density at radius 2 is 2.11 bits per heavy atom. The number of rotatable bonds is 4. The zero-order valence-electron chi connectivity index (χ0n) is 9.93. The summed E-state index contributed by atoms with van der Waals surface area (Å²) >= 11 is 0. The Kier molecular flexibility index (Phi) is 4.36. The van der Waals surface area contributed by atoms with Gasteiger partial charge in [0.25, 0.3) is 11.6 Å². The molecule has 0 aliphatic heterocycles. The summed E-state index contributed by atoms with van der Waals surface area (Å²) in [6.07, 6.45) is 0. The number of hydrogen-bond acceptors (Lipinski definition) is 5. The van der Waals surface area contributed by atoms with Crippen molar-refractivity contribution in [3.8, 4) is 0 Å². The number of nitrogens with one attached hydrogen (secondary N) is 1. The van der Waals surface area contributed by atoms with E-state index in [0.717, 1.165) is 0 Å². The van der Waals surface area contributed by atoms with Crippen LogP contribution in [-0.2, 0) is 9.53 Å². The number of carbonyl (C=O) groups excluding carboxylic acids is 2. The number of amides is 1. The maximum absolute atomic E-state index is 11.6. The first-order chi connectivity index (χ1) is 8.47. The number of nitrogens with zero attached hydrogens (tertiary/aromatic N) is 1. The van der Waals surface area contributed by atoms with E-state index in [2.05, 4.69) is 5.32 Å². The van der Waals surface area contributed by atoms with Crippen LogP contribution in [-0.4, -0.2) is 30.5 Å². The molecular weight excluding hydrogens is 240 g/mol. The van der Waals surface area contributed by atoms with Crippen molar-refractivity contribution in [1.29, 1.82) is 0 Å². The third kappa shape index (κ3) is 3.03. The molecule has 96 valence electrons. The van der Waals surface area contributed by atoms with Crippen LogP contribution in [0.1, 0.15) is 15.9 Å². The van der Waals surface area contributed by atoms with Gasteiger partial charge in [0.15, 0.2) is 6.61 Å². The fraction of sp³-hybridized carbons (Fsp3) is 0.273. The Morgan fingerprint density at radius 1 is 1.44 bits per heavy atom. The predicted octanol–water partition coefficient (Wildman–Crippen LogP) is 0.806. The van der Waals surface area contributed by atoms with Crippen LogP contribution in [0.5, 0.6) is 0 Å². The van der Waals surface area contributed by atoms with E-state index in [9.17, 15) is 19.7 Å². The monoisotopic (exact) mass is 252 g/mol. The lowest BCUT2D eigenvalue weighted by atomic mass is 10.1. The van der Waals surface area contributed by atoms with Crippen LogP contribution in [0.25, 0.3) is 0 Å². The van der Waals surface area contributed by atoms with E-state index in [1.807, 2.05) is 0 Å². The van der Waals surface area contributed by atoms with E-state index in [0.29, 0.717) is 0 Å². The van der Waals surface area contributed by atoms with E-state index in [-0.39, 0.29) is 16.8 Å². The molecule has 1 aromatic rings. The van der Waals surface area contributed by atoms with Crippen molar-refractivity contribution in [2.45, 2.75) is 6.92 Å². The van der Waals surface area contributed by atoms with E-state index >= 15 is 0 Å². The molecule has 0 heterocycles. The standard InChI is InChI=1S/C11H12N2O5/c1-7-8(4-3-5-9(7)13(16)17)11(15)18-6-10(14)12-2/h3-5H,6H2,1-2H3,(H,12,14). The number of nitro benzene ring substituents is 1. The van der Waals surface area contributed by atoms with E-state index in [1.54, 1.807) is 0 Å². The third-order valence-electron chi connectivity index (χ3n) is 2.34. The highest BCUT2D eigenvalue weighted by molar-refractivity contribution is 5.93. The number of likely N-dealkylation sites (N-methyl/N-ethyl adjacent to an activating group) is 1. The minimum absolute atomic E-state index is 0.0769. The smallest absolute Gasteiger partial charge is 0.339 e. The number of ether oxygens (including phenoxy) is 1. The second-order valence-corrected chi connectivity index (χ2v) is 3.46. The predicted molar refractivity (Wildman–Crippen MR) is 62.2 cm³/mol. The summed E-state index contributed by atoms with van der Waals surface area (Å²) < 4.78 is 4.72. The summed E-state index contributed by atoms with van der Waals surface area (Å²) in [5.74, 6) is -1.22. The maximum atomic E-state index is 11.6. The molecule has 7 heteroatoms. The first-order valence-electron chi connectivity index (χ1n) is 5.09. The molecule has 0 spiro atoms. The molecule has 0 bridgehead atoms. The molecule has 0 aliphatic rings.